The number of benzene rings is 2. The topological polar surface area (TPSA) is 44.6 Å². The smallest absolute Gasteiger partial charge is 0.0665 e. The minimum atomic E-state index is 0.245. The van der Waals surface area contributed by atoms with Crippen LogP contribution >= 0.6 is 15.9 Å². The molecule has 2 N–H and O–H groups in total. The summed E-state index contributed by atoms with van der Waals surface area (Å²) in [5, 5.41) is 12.4. The minimum Gasteiger partial charge on any atom is -0.396 e. The number of rotatable bonds is 6. The molecule has 0 fully saturated rings. The minimum absolute atomic E-state index is 0.245. The summed E-state index contributed by atoms with van der Waals surface area (Å²) >= 11 is 3.54. The average Bonchev–Trinajstić information content (AvgIpc) is 2.94. The molecule has 0 spiro atoms. The molecule has 1 aliphatic rings. The van der Waals surface area contributed by atoms with Gasteiger partial charge in [-0.3, -0.25) is 4.99 Å². The number of aryl methyl sites for hydroxylation is 1. The fourth-order valence-corrected chi connectivity index (χ4v) is 3.09. The van der Waals surface area contributed by atoms with Crippen molar-refractivity contribution < 1.29 is 5.11 Å². The fraction of sp³-hybridized carbons (Fsp3) is 0.278. The van der Waals surface area contributed by atoms with Crippen molar-refractivity contribution >= 4 is 33.0 Å². The molecule has 0 unspecified atom stereocenters. The van der Waals surface area contributed by atoms with Gasteiger partial charge >= 0.3 is 0 Å². The number of aliphatic imine (C=N–C) groups is 1. The van der Waals surface area contributed by atoms with E-state index in [-0.39, 0.29) is 6.61 Å². The van der Waals surface area contributed by atoms with Crippen LogP contribution in [0.3, 0.4) is 0 Å². The second-order valence-corrected chi connectivity index (χ2v) is 6.33. The molecule has 2 aromatic carbocycles. The Labute approximate surface area is 139 Å². The van der Waals surface area contributed by atoms with Gasteiger partial charge < -0.3 is 10.4 Å². The Kier molecular flexibility index (Phi) is 4.90. The normalized spacial score (nSPS) is 12.9. The molecule has 0 radical (unpaired) electrons. The van der Waals surface area contributed by atoms with Crippen LogP contribution in [-0.4, -0.2) is 24.0 Å². The van der Waals surface area contributed by atoms with Gasteiger partial charge in [-0.15, -0.1) is 0 Å². The Morgan fingerprint density at radius 2 is 2.05 bits per heavy atom. The van der Waals surface area contributed by atoms with Crippen LogP contribution in [0.15, 0.2) is 51.9 Å². The highest BCUT2D eigenvalue weighted by Gasteiger charge is 2.15. The number of fused-ring (bicyclic) bond motifs is 1. The molecule has 4 heteroatoms. The molecule has 3 rings (SSSR count). The lowest BCUT2D eigenvalue weighted by molar-refractivity contribution is 0.288. The molecule has 22 heavy (non-hydrogen) atoms. The van der Waals surface area contributed by atoms with E-state index >= 15 is 0 Å². The van der Waals surface area contributed by atoms with Crippen LogP contribution in [0.2, 0.25) is 0 Å². The maximum Gasteiger partial charge on any atom is 0.0665 e. The van der Waals surface area contributed by atoms with E-state index in [1.807, 2.05) is 18.2 Å². The summed E-state index contributed by atoms with van der Waals surface area (Å²) < 4.78 is 1.07. The number of hydrogen-bond donors (Lipinski definition) is 2. The molecule has 114 valence electrons. The molecule has 2 aromatic rings. The molecule has 0 saturated heterocycles. The molecule has 0 saturated carbocycles. The van der Waals surface area contributed by atoms with Crippen LogP contribution in [0.4, 0.5) is 11.4 Å². The van der Waals surface area contributed by atoms with Crippen molar-refractivity contribution in [2.24, 2.45) is 4.99 Å². The van der Waals surface area contributed by atoms with Gasteiger partial charge in [-0.2, -0.15) is 0 Å². The van der Waals surface area contributed by atoms with E-state index in [1.54, 1.807) is 0 Å². The largest absolute Gasteiger partial charge is 0.396 e. The lowest BCUT2D eigenvalue weighted by Gasteiger charge is -2.07. The Morgan fingerprint density at radius 3 is 2.86 bits per heavy atom. The SMILES string of the molecule is OCCCc1ccc2c(c1)CC(CNc1ccccc1Br)=N2. The number of nitrogens with zero attached hydrogens (tertiary/aromatic N) is 1. The van der Waals surface area contributed by atoms with Crippen LogP contribution < -0.4 is 5.32 Å². The van der Waals surface area contributed by atoms with Gasteiger partial charge in [0.2, 0.25) is 0 Å². The van der Waals surface area contributed by atoms with E-state index in [2.05, 4.69) is 45.5 Å². The Balaban J connectivity index is 1.62. The Bertz CT molecular complexity index is 697. The predicted molar refractivity (Wildman–Crippen MR) is 95.3 cm³/mol. The quantitative estimate of drug-likeness (QED) is 0.815. The van der Waals surface area contributed by atoms with Gasteiger partial charge in [-0.25, -0.2) is 0 Å². The van der Waals surface area contributed by atoms with Gasteiger partial charge in [-0.05, 0) is 58.1 Å². The first-order valence-electron chi connectivity index (χ1n) is 7.54. The van der Waals surface area contributed by atoms with E-state index < -0.39 is 0 Å². The summed E-state index contributed by atoms with van der Waals surface area (Å²) in [6.07, 6.45) is 2.64. The van der Waals surface area contributed by atoms with E-state index in [9.17, 15) is 0 Å². The monoisotopic (exact) mass is 358 g/mol. The lowest BCUT2D eigenvalue weighted by atomic mass is 10.0. The van der Waals surface area contributed by atoms with Crippen LogP contribution in [-0.2, 0) is 12.8 Å². The summed E-state index contributed by atoms with van der Waals surface area (Å²) in [7, 11) is 0. The van der Waals surface area contributed by atoms with Gasteiger partial charge in [0.15, 0.2) is 0 Å². The van der Waals surface area contributed by atoms with Crippen LogP contribution in [0.25, 0.3) is 0 Å². The van der Waals surface area contributed by atoms with E-state index in [1.165, 1.54) is 11.1 Å². The van der Waals surface area contributed by atoms with E-state index in [0.717, 1.165) is 47.4 Å². The van der Waals surface area contributed by atoms with Crippen molar-refractivity contribution in [3.8, 4) is 0 Å². The van der Waals surface area contributed by atoms with Crippen molar-refractivity contribution in [3.63, 3.8) is 0 Å². The van der Waals surface area contributed by atoms with Crippen molar-refractivity contribution in [2.45, 2.75) is 19.3 Å². The number of anilines is 1. The third kappa shape index (κ3) is 3.57. The maximum atomic E-state index is 8.93. The summed E-state index contributed by atoms with van der Waals surface area (Å²) in [6.45, 7) is 0.998. The number of aliphatic hydroxyl groups is 1. The summed E-state index contributed by atoms with van der Waals surface area (Å²) in [5.74, 6) is 0. The number of aliphatic hydroxyl groups excluding tert-OH is 1. The molecule has 0 bridgehead atoms. The third-order valence-electron chi connectivity index (χ3n) is 3.80. The average molecular weight is 359 g/mol. The van der Waals surface area contributed by atoms with Crippen molar-refractivity contribution in [2.75, 3.05) is 18.5 Å². The van der Waals surface area contributed by atoms with Crippen molar-refractivity contribution in [1.82, 2.24) is 0 Å². The molecule has 0 aromatic heterocycles. The second kappa shape index (κ2) is 7.07. The maximum absolute atomic E-state index is 8.93. The van der Waals surface area contributed by atoms with Gasteiger partial charge in [-0.1, -0.05) is 24.3 Å². The van der Waals surface area contributed by atoms with Crippen LogP contribution in [0.5, 0.6) is 0 Å². The molecule has 0 amide bonds. The van der Waals surface area contributed by atoms with Crippen molar-refractivity contribution in [3.05, 3.63) is 58.1 Å². The molecular formula is C18H19BrN2O. The molecular weight excluding hydrogens is 340 g/mol. The number of nitrogens with one attached hydrogen (secondary N) is 1. The van der Waals surface area contributed by atoms with Crippen LogP contribution in [0, 0.1) is 0 Å². The first-order chi connectivity index (χ1) is 10.8. The van der Waals surface area contributed by atoms with Gasteiger partial charge in [0, 0.05) is 28.9 Å². The highest BCUT2D eigenvalue weighted by molar-refractivity contribution is 9.10. The number of para-hydroxylation sites is 1. The zero-order valence-corrected chi connectivity index (χ0v) is 13.9. The fourth-order valence-electron chi connectivity index (χ4n) is 2.66. The molecule has 1 aliphatic heterocycles. The predicted octanol–water partition coefficient (Wildman–Crippen LogP) is 4.11. The summed E-state index contributed by atoms with van der Waals surface area (Å²) in [5.41, 5.74) is 5.90. The highest BCUT2D eigenvalue weighted by atomic mass is 79.9. The first-order valence-corrected chi connectivity index (χ1v) is 8.33. The lowest BCUT2D eigenvalue weighted by Crippen LogP contribution is -2.14. The van der Waals surface area contributed by atoms with Gasteiger partial charge in [0.1, 0.15) is 0 Å². The second-order valence-electron chi connectivity index (χ2n) is 5.48. The first kappa shape index (κ1) is 15.3. The number of hydrogen-bond acceptors (Lipinski definition) is 3. The zero-order valence-electron chi connectivity index (χ0n) is 12.3. The molecule has 3 nitrogen and oxygen atoms in total. The van der Waals surface area contributed by atoms with Gasteiger partial charge in [0.05, 0.1) is 12.2 Å². The van der Waals surface area contributed by atoms with Crippen LogP contribution in [0.1, 0.15) is 17.5 Å². The Hall–Kier alpha value is -1.65. The van der Waals surface area contributed by atoms with E-state index in [4.69, 9.17) is 10.1 Å². The van der Waals surface area contributed by atoms with Gasteiger partial charge in [0.25, 0.3) is 0 Å². The third-order valence-corrected chi connectivity index (χ3v) is 4.49. The molecule has 0 aliphatic carbocycles. The standard InChI is InChI=1S/C18H19BrN2O/c19-16-5-1-2-6-18(16)20-12-15-11-14-10-13(4-3-9-22)7-8-17(14)21-15/h1-2,5-8,10,20,22H,3-4,9,11-12H2. The molecule has 0 atom stereocenters. The highest BCUT2D eigenvalue weighted by Crippen LogP contribution is 2.28. The van der Waals surface area contributed by atoms with Crippen molar-refractivity contribution in [1.29, 1.82) is 0 Å². The summed E-state index contributed by atoms with van der Waals surface area (Å²) in [6, 6.07) is 14.5. The Morgan fingerprint density at radius 1 is 1.18 bits per heavy atom. The van der Waals surface area contributed by atoms with E-state index in [0.29, 0.717) is 0 Å². The number of halogens is 1. The molecule has 1 heterocycles. The summed E-state index contributed by atoms with van der Waals surface area (Å²) in [4.78, 5) is 4.71. The zero-order chi connectivity index (χ0) is 15.4.